The van der Waals surface area contributed by atoms with Crippen molar-refractivity contribution in [2.75, 3.05) is 27.2 Å². The summed E-state index contributed by atoms with van der Waals surface area (Å²) < 4.78 is 5.58. The van der Waals surface area contributed by atoms with E-state index in [0.29, 0.717) is 12.2 Å². The Morgan fingerprint density at radius 3 is 2.50 bits per heavy atom. The predicted octanol–water partition coefficient (Wildman–Crippen LogP) is 1.06. The molecule has 1 aromatic rings. The average Bonchev–Trinajstić information content (AvgIpc) is 2.69. The fraction of sp³-hybridized carbons (Fsp3) is 0.333. The molecule has 106 valence electrons. The van der Waals surface area contributed by atoms with Gasteiger partial charge in [0.1, 0.15) is 12.4 Å². The van der Waals surface area contributed by atoms with Crippen LogP contribution < -0.4 is 10.1 Å². The molecule has 1 N–H and O–H groups in total. The minimum atomic E-state index is -0.304. The minimum Gasteiger partial charge on any atom is -0.492 e. The first-order valence-electron chi connectivity index (χ1n) is 6.47. The zero-order chi connectivity index (χ0) is 14.5. The first-order valence-corrected chi connectivity index (χ1v) is 6.47. The predicted molar refractivity (Wildman–Crippen MR) is 76.2 cm³/mol. The SMILES string of the molecule is CN(C)CCOc1ccc(C=C2CC(=O)NC2=O)cc1. The summed E-state index contributed by atoms with van der Waals surface area (Å²) in [6, 6.07) is 7.45. The van der Waals surface area contributed by atoms with Gasteiger partial charge in [0.2, 0.25) is 5.91 Å². The highest BCUT2D eigenvalue weighted by atomic mass is 16.5. The van der Waals surface area contributed by atoms with E-state index >= 15 is 0 Å². The van der Waals surface area contributed by atoms with Gasteiger partial charge in [-0.3, -0.25) is 14.9 Å². The van der Waals surface area contributed by atoms with Gasteiger partial charge in [0.25, 0.3) is 5.91 Å². The van der Waals surface area contributed by atoms with Crippen molar-refractivity contribution in [3.05, 3.63) is 35.4 Å². The van der Waals surface area contributed by atoms with Gasteiger partial charge in [-0.2, -0.15) is 0 Å². The summed E-state index contributed by atoms with van der Waals surface area (Å²) in [6.45, 7) is 1.48. The van der Waals surface area contributed by atoms with Crippen LogP contribution in [0.3, 0.4) is 0 Å². The molecule has 5 nitrogen and oxygen atoms in total. The van der Waals surface area contributed by atoms with E-state index in [1.54, 1.807) is 6.08 Å². The summed E-state index contributed by atoms with van der Waals surface area (Å²) in [7, 11) is 3.99. The molecule has 20 heavy (non-hydrogen) atoms. The normalized spacial score (nSPS) is 16.9. The van der Waals surface area contributed by atoms with Crippen LogP contribution in [-0.4, -0.2) is 44.0 Å². The molecule has 0 unspecified atom stereocenters. The van der Waals surface area contributed by atoms with E-state index < -0.39 is 0 Å². The van der Waals surface area contributed by atoms with Gasteiger partial charge in [0.15, 0.2) is 0 Å². The lowest BCUT2D eigenvalue weighted by molar-refractivity contribution is -0.124. The van der Waals surface area contributed by atoms with E-state index in [1.165, 1.54) is 0 Å². The summed E-state index contributed by atoms with van der Waals surface area (Å²) in [5.41, 5.74) is 1.38. The third kappa shape index (κ3) is 3.93. The van der Waals surface area contributed by atoms with E-state index in [4.69, 9.17) is 4.74 Å². The number of hydrogen-bond acceptors (Lipinski definition) is 4. The van der Waals surface area contributed by atoms with Gasteiger partial charge >= 0.3 is 0 Å². The molecule has 5 heteroatoms. The molecule has 0 saturated carbocycles. The maximum atomic E-state index is 11.4. The third-order valence-electron chi connectivity index (χ3n) is 2.92. The number of carbonyl (C=O) groups excluding carboxylic acids is 2. The number of nitrogens with zero attached hydrogens (tertiary/aromatic N) is 1. The van der Waals surface area contributed by atoms with E-state index in [0.717, 1.165) is 17.9 Å². The zero-order valence-electron chi connectivity index (χ0n) is 11.7. The molecule has 1 heterocycles. The van der Waals surface area contributed by atoms with Crippen molar-refractivity contribution in [1.82, 2.24) is 10.2 Å². The number of benzene rings is 1. The maximum absolute atomic E-state index is 11.4. The van der Waals surface area contributed by atoms with Crippen LogP contribution in [0, 0.1) is 0 Å². The van der Waals surface area contributed by atoms with E-state index in [1.807, 2.05) is 38.4 Å². The summed E-state index contributed by atoms with van der Waals surface area (Å²) in [4.78, 5) is 24.6. The van der Waals surface area contributed by atoms with Crippen molar-refractivity contribution in [3.63, 3.8) is 0 Å². The summed E-state index contributed by atoms with van der Waals surface area (Å²) in [5, 5.41) is 2.26. The van der Waals surface area contributed by atoms with Gasteiger partial charge in [-0.1, -0.05) is 12.1 Å². The van der Waals surface area contributed by atoms with Crippen molar-refractivity contribution in [2.45, 2.75) is 6.42 Å². The molecule has 0 spiro atoms. The van der Waals surface area contributed by atoms with Gasteiger partial charge in [-0.25, -0.2) is 0 Å². The molecule has 1 fully saturated rings. The van der Waals surface area contributed by atoms with Gasteiger partial charge < -0.3 is 9.64 Å². The Kier molecular flexibility index (Phi) is 4.53. The maximum Gasteiger partial charge on any atom is 0.254 e. The van der Waals surface area contributed by atoms with Gasteiger partial charge in [-0.05, 0) is 37.9 Å². The van der Waals surface area contributed by atoms with Crippen LogP contribution in [0.2, 0.25) is 0 Å². The number of imide groups is 1. The van der Waals surface area contributed by atoms with Crippen LogP contribution >= 0.6 is 0 Å². The molecule has 1 aromatic carbocycles. The van der Waals surface area contributed by atoms with Crippen molar-refractivity contribution in [1.29, 1.82) is 0 Å². The Balaban J connectivity index is 1.96. The number of carbonyl (C=O) groups is 2. The Morgan fingerprint density at radius 2 is 1.95 bits per heavy atom. The van der Waals surface area contributed by atoms with E-state index in [9.17, 15) is 9.59 Å². The van der Waals surface area contributed by atoms with Crippen molar-refractivity contribution >= 4 is 17.9 Å². The standard InChI is InChI=1S/C15H18N2O3/c1-17(2)7-8-20-13-5-3-11(4-6-13)9-12-10-14(18)16-15(12)19/h3-6,9H,7-8,10H2,1-2H3,(H,16,18,19). The topological polar surface area (TPSA) is 58.6 Å². The largest absolute Gasteiger partial charge is 0.492 e. The van der Waals surface area contributed by atoms with Gasteiger partial charge in [-0.15, -0.1) is 0 Å². The number of rotatable bonds is 5. The molecule has 1 aliphatic heterocycles. The minimum absolute atomic E-state index is 0.153. The highest BCUT2D eigenvalue weighted by Crippen LogP contribution is 2.17. The molecule has 0 aromatic heterocycles. The smallest absolute Gasteiger partial charge is 0.254 e. The quantitative estimate of drug-likeness (QED) is 0.644. The lowest BCUT2D eigenvalue weighted by Gasteiger charge is -2.10. The number of amides is 2. The molecule has 2 amide bonds. The lowest BCUT2D eigenvalue weighted by atomic mass is 10.1. The first kappa shape index (κ1) is 14.3. The molecule has 2 rings (SSSR count). The second-order valence-electron chi connectivity index (χ2n) is 4.94. The van der Waals surface area contributed by atoms with Crippen LogP contribution in [-0.2, 0) is 9.59 Å². The van der Waals surface area contributed by atoms with Gasteiger partial charge in [0, 0.05) is 12.1 Å². The molecule has 1 saturated heterocycles. The van der Waals surface area contributed by atoms with E-state index in [2.05, 4.69) is 10.2 Å². The number of likely N-dealkylation sites (N-methyl/N-ethyl adjacent to an activating group) is 1. The van der Waals surface area contributed by atoms with Gasteiger partial charge in [0.05, 0.1) is 6.42 Å². The zero-order valence-corrected chi connectivity index (χ0v) is 11.7. The molecule has 0 atom stereocenters. The molecule has 0 radical (unpaired) electrons. The lowest BCUT2D eigenvalue weighted by Crippen LogP contribution is -2.19. The second kappa shape index (κ2) is 6.34. The average molecular weight is 274 g/mol. The second-order valence-corrected chi connectivity index (χ2v) is 4.94. The van der Waals surface area contributed by atoms with Crippen LogP contribution in [0.15, 0.2) is 29.8 Å². The number of ether oxygens (including phenoxy) is 1. The molecular formula is C15H18N2O3. The Bertz CT molecular complexity index is 533. The number of nitrogens with one attached hydrogen (secondary N) is 1. The Morgan fingerprint density at radius 1 is 1.25 bits per heavy atom. The molecule has 0 aliphatic carbocycles. The van der Waals surface area contributed by atoms with Crippen LogP contribution in [0.1, 0.15) is 12.0 Å². The highest BCUT2D eigenvalue weighted by Gasteiger charge is 2.23. The highest BCUT2D eigenvalue weighted by molar-refractivity contribution is 6.15. The van der Waals surface area contributed by atoms with Crippen molar-refractivity contribution < 1.29 is 14.3 Å². The Labute approximate surface area is 118 Å². The van der Waals surface area contributed by atoms with Crippen LogP contribution in [0.5, 0.6) is 5.75 Å². The Hall–Kier alpha value is -2.14. The summed E-state index contributed by atoms with van der Waals surface area (Å²) in [6.07, 6.45) is 1.88. The molecule has 0 bridgehead atoms. The van der Waals surface area contributed by atoms with Crippen LogP contribution in [0.4, 0.5) is 0 Å². The first-order chi connectivity index (χ1) is 9.54. The monoisotopic (exact) mass is 274 g/mol. The summed E-state index contributed by atoms with van der Waals surface area (Å²) >= 11 is 0. The third-order valence-corrected chi connectivity index (χ3v) is 2.92. The summed E-state index contributed by atoms with van der Waals surface area (Å²) in [5.74, 6) is 0.243. The molecular weight excluding hydrogens is 256 g/mol. The van der Waals surface area contributed by atoms with Crippen molar-refractivity contribution in [3.8, 4) is 5.75 Å². The van der Waals surface area contributed by atoms with Crippen molar-refractivity contribution in [2.24, 2.45) is 0 Å². The molecule has 1 aliphatic rings. The van der Waals surface area contributed by atoms with Crippen LogP contribution in [0.25, 0.3) is 6.08 Å². The van der Waals surface area contributed by atoms with E-state index in [-0.39, 0.29) is 18.2 Å². The number of hydrogen-bond donors (Lipinski definition) is 1. The fourth-order valence-electron chi connectivity index (χ4n) is 1.83. The fourth-order valence-corrected chi connectivity index (χ4v) is 1.83.